The minimum atomic E-state index is 0.156. The van der Waals surface area contributed by atoms with Crippen molar-refractivity contribution in [2.75, 3.05) is 32.5 Å². The lowest BCUT2D eigenvalue weighted by Gasteiger charge is -2.31. The number of carbonyl (C=O) groups is 1. The topological polar surface area (TPSA) is 41.6 Å². The molecular formula is C22H28N2O2S. The van der Waals surface area contributed by atoms with Gasteiger partial charge in [-0.1, -0.05) is 30.3 Å². The third-order valence-electron chi connectivity index (χ3n) is 4.94. The van der Waals surface area contributed by atoms with E-state index in [0.29, 0.717) is 6.54 Å². The molecule has 0 unspecified atom stereocenters. The second kappa shape index (κ2) is 10.4. The Bertz CT molecular complexity index is 698. The van der Waals surface area contributed by atoms with Gasteiger partial charge in [0.25, 0.3) is 0 Å². The average molecular weight is 385 g/mol. The molecule has 1 aliphatic heterocycles. The minimum Gasteiger partial charge on any atom is -0.497 e. The molecule has 5 heteroatoms. The van der Waals surface area contributed by atoms with Gasteiger partial charge in [0.05, 0.1) is 7.11 Å². The zero-order valence-electron chi connectivity index (χ0n) is 15.9. The van der Waals surface area contributed by atoms with Crippen LogP contribution in [-0.2, 0) is 11.3 Å². The smallest absolute Gasteiger partial charge is 0.223 e. The molecule has 1 heterocycles. The number of likely N-dealkylation sites (tertiary alicyclic amines) is 1. The van der Waals surface area contributed by atoms with Gasteiger partial charge < -0.3 is 10.1 Å². The van der Waals surface area contributed by atoms with Crippen LogP contribution >= 0.6 is 11.8 Å². The molecule has 4 nitrogen and oxygen atoms in total. The monoisotopic (exact) mass is 384 g/mol. The van der Waals surface area contributed by atoms with Crippen molar-refractivity contribution in [1.29, 1.82) is 0 Å². The van der Waals surface area contributed by atoms with E-state index in [0.717, 1.165) is 44.0 Å². The van der Waals surface area contributed by atoms with Crippen LogP contribution in [0.15, 0.2) is 59.5 Å². The molecule has 144 valence electrons. The van der Waals surface area contributed by atoms with Crippen LogP contribution in [0, 0.1) is 5.92 Å². The minimum absolute atomic E-state index is 0.156. The van der Waals surface area contributed by atoms with Crippen LogP contribution in [0.4, 0.5) is 0 Å². The summed E-state index contributed by atoms with van der Waals surface area (Å²) in [7, 11) is 1.67. The summed E-state index contributed by atoms with van der Waals surface area (Å²) in [4.78, 5) is 16.0. The largest absolute Gasteiger partial charge is 0.497 e. The highest BCUT2D eigenvalue weighted by atomic mass is 32.2. The highest BCUT2D eigenvalue weighted by Gasteiger charge is 2.24. The number of thioether (sulfide) groups is 1. The zero-order valence-corrected chi connectivity index (χ0v) is 16.7. The quantitative estimate of drug-likeness (QED) is 0.555. The Morgan fingerprint density at radius 3 is 2.48 bits per heavy atom. The van der Waals surface area contributed by atoms with Crippen LogP contribution in [0.2, 0.25) is 0 Å². The van der Waals surface area contributed by atoms with Crippen molar-refractivity contribution in [2.45, 2.75) is 24.3 Å². The van der Waals surface area contributed by atoms with Crippen molar-refractivity contribution in [3.05, 3.63) is 60.2 Å². The first-order chi connectivity index (χ1) is 13.2. The Hall–Kier alpha value is -1.98. The Balaban J connectivity index is 1.32. The number of ether oxygens (including phenoxy) is 1. The van der Waals surface area contributed by atoms with Crippen LogP contribution in [0.5, 0.6) is 5.75 Å². The van der Waals surface area contributed by atoms with Crippen molar-refractivity contribution in [1.82, 2.24) is 10.2 Å². The highest BCUT2D eigenvalue weighted by Crippen LogP contribution is 2.21. The second-order valence-corrected chi connectivity index (χ2v) is 8.02. The molecule has 1 aliphatic rings. The van der Waals surface area contributed by atoms with Gasteiger partial charge in [0, 0.05) is 29.7 Å². The summed E-state index contributed by atoms with van der Waals surface area (Å²) in [6.45, 7) is 3.68. The van der Waals surface area contributed by atoms with E-state index in [4.69, 9.17) is 4.74 Å². The number of carbonyl (C=O) groups excluding carboxylic acids is 1. The lowest BCUT2D eigenvalue weighted by atomic mass is 9.95. The number of hydrogen-bond acceptors (Lipinski definition) is 4. The molecule has 0 spiro atoms. The number of benzene rings is 2. The van der Waals surface area contributed by atoms with Gasteiger partial charge in [-0.05, 0) is 55.8 Å². The molecule has 0 aromatic heterocycles. The fourth-order valence-corrected chi connectivity index (χ4v) is 4.12. The molecule has 2 aromatic rings. The summed E-state index contributed by atoms with van der Waals surface area (Å²) < 4.78 is 5.16. The fraction of sp³-hybridized carbons (Fsp3) is 0.409. The molecule has 1 saturated heterocycles. The summed E-state index contributed by atoms with van der Waals surface area (Å²) in [5.74, 6) is 2.12. The van der Waals surface area contributed by atoms with E-state index in [-0.39, 0.29) is 11.8 Å². The van der Waals surface area contributed by atoms with Crippen LogP contribution in [0.3, 0.4) is 0 Å². The van der Waals surface area contributed by atoms with Crippen LogP contribution < -0.4 is 10.1 Å². The zero-order chi connectivity index (χ0) is 18.9. The van der Waals surface area contributed by atoms with E-state index in [1.807, 2.05) is 30.3 Å². The first-order valence-electron chi connectivity index (χ1n) is 9.55. The maximum absolute atomic E-state index is 12.4. The van der Waals surface area contributed by atoms with E-state index < -0.39 is 0 Å². The molecule has 0 atom stereocenters. The molecule has 0 bridgehead atoms. The predicted octanol–water partition coefficient (Wildman–Crippen LogP) is 3.82. The molecule has 27 heavy (non-hydrogen) atoms. The number of amides is 1. The highest BCUT2D eigenvalue weighted by molar-refractivity contribution is 7.99. The number of hydrogen-bond donors (Lipinski definition) is 1. The summed E-state index contributed by atoms with van der Waals surface area (Å²) in [6.07, 6.45) is 1.90. The van der Waals surface area contributed by atoms with Crippen molar-refractivity contribution >= 4 is 17.7 Å². The van der Waals surface area contributed by atoms with Gasteiger partial charge in [0.1, 0.15) is 5.75 Å². The molecule has 0 radical (unpaired) electrons. The predicted molar refractivity (Wildman–Crippen MR) is 111 cm³/mol. The molecule has 1 fully saturated rings. The van der Waals surface area contributed by atoms with E-state index in [2.05, 4.69) is 34.5 Å². The first kappa shape index (κ1) is 19.8. The van der Waals surface area contributed by atoms with E-state index >= 15 is 0 Å². The third-order valence-corrected chi connectivity index (χ3v) is 5.95. The van der Waals surface area contributed by atoms with Crippen molar-refractivity contribution in [2.24, 2.45) is 5.92 Å². The molecular weight excluding hydrogens is 356 g/mol. The molecule has 2 aromatic carbocycles. The Labute approximate surface area is 166 Å². The van der Waals surface area contributed by atoms with Crippen LogP contribution in [0.1, 0.15) is 18.4 Å². The normalized spacial score (nSPS) is 15.4. The Morgan fingerprint density at radius 2 is 1.81 bits per heavy atom. The number of methoxy groups -OCH3 is 1. The molecule has 0 saturated carbocycles. The summed E-state index contributed by atoms with van der Waals surface area (Å²) >= 11 is 1.75. The molecule has 1 amide bonds. The van der Waals surface area contributed by atoms with Crippen molar-refractivity contribution < 1.29 is 9.53 Å². The van der Waals surface area contributed by atoms with Gasteiger partial charge in [-0.25, -0.2) is 0 Å². The SMILES string of the molecule is COc1ccc(SCCNC(=O)C2CCN(Cc3ccccc3)CC2)cc1. The van der Waals surface area contributed by atoms with Crippen molar-refractivity contribution in [3.8, 4) is 5.75 Å². The van der Waals surface area contributed by atoms with Gasteiger partial charge in [0.2, 0.25) is 5.91 Å². The van der Waals surface area contributed by atoms with Crippen LogP contribution in [-0.4, -0.2) is 43.3 Å². The maximum Gasteiger partial charge on any atom is 0.223 e. The number of rotatable bonds is 8. The molecule has 3 rings (SSSR count). The number of nitrogens with zero attached hydrogens (tertiary/aromatic N) is 1. The number of nitrogens with one attached hydrogen (secondary N) is 1. The Kier molecular flexibility index (Phi) is 7.60. The standard InChI is InChI=1S/C22H28N2O2S/c1-26-20-7-9-21(10-8-20)27-16-13-23-22(25)19-11-14-24(15-12-19)17-18-5-3-2-4-6-18/h2-10,19H,11-17H2,1H3,(H,23,25). The van der Waals surface area contributed by atoms with Gasteiger partial charge in [0.15, 0.2) is 0 Å². The van der Waals surface area contributed by atoms with Crippen LogP contribution in [0.25, 0.3) is 0 Å². The first-order valence-corrected chi connectivity index (χ1v) is 10.5. The summed E-state index contributed by atoms with van der Waals surface area (Å²) in [5, 5.41) is 3.11. The van der Waals surface area contributed by atoms with Gasteiger partial charge >= 0.3 is 0 Å². The lowest BCUT2D eigenvalue weighted by molar-refractivity contribution is -0.126. The Morgan fingerprint density at radius 1 is 1.11 bits per heavy atom. The number of piperidine rings is 1. The fourth-order valence-electron chi connectivity index (χ4n) is 3.35. The summed E-state index contributed by atoms with van der Waals surface area (Å²) in [6, 6.07) is 18.6. The van der Waals surface area contributed by atoms with Gasteiger partial charge in [-0.3, -0.25) is 9.69 Å². The molecule has 1 N–H and O–H groups in total. The van der Waals surface area contributed by atoms with Gasteiger partial charge in [-0.2, -0.15) is 0 Å². The third kappa shape index (κ3) is 6.29. The molecule has 0 aliphatic carbocycles. The van der Waals surface area contributed by atoms with E-state index in [1.54, 1.807) is 18.9 Å². The second-order valence-electron chi connectivity index (χ2n) is 6.85. The van der Waals surface area contributed by atoms with Gasteiger partial charge in [-0.15, -0.1) is 11.8 Å². The average Bonchev–Trinajstić information content (AvgIpc) is 2.73. The lowest BCUT2D eigenvalue weighted by Crippen LogP contribution is -2.40. The van der Waals surface area contributed by atoms with Crippen molar-refractivity contribution in [3.63, 3.8) is 0 Å². The maximum atomic E-state index is 12.4. The van der Waals surface area contributed by atoms with E-state index in [1.165, 1.54) is 10.5 Å². The summed E-state index contributed by atoms with van der Waals surface area (Å²) in [5.41, 5.74) is 1.34. The van der Waals surface area contributed by atoms with E-state index in [9.17, 15) is 4.79 Å².